The van der Waals surface area contributed by atoms with E-state index in [1.165, 1.54) is 51.4 Å². The van der Waals surface area contributed by atoms with Gasteiger partial charge in [0, 0.05) is 11.1 Å². The van der Waals surface area contributed by atoms with Crippen LogP contribution in [0.1, 0.15) is 130 Å². The maximum absolute atomic E-state index is 12.7. The number of rotatable bonds is 20. The fraction of sp³-hybridized carbons (Fsp3) is 0.846. The first kappa shape index (κ1) is 28.7. The van der Waals surface area contributed by atoms with E-state index in [2.05, 4.69) is 13.8 Å². The van der Waals surface area contributed by atoms with Crippen LogP contribution in [-0.2, 0) is 19.1 Å². The van der Waals surface area contributed by atoms with Gasteiger partial charge in [0.15, 0.2) is 0 Å². The molecule has 0 heterocycles. The monoisotopic (exact) mass is 424 g/mol. The van der Waals surface area contributed by atoms with E-state index >= 15 is 0 Å². The van der Waals surface area contributed by atoms with Crippen LogP contribution in [-0.4, -0.2) is 25.2 Å². The van der Waals surface area contributed by atoms with Gasteiger partial charge < -0.3 is 9.47 Å². The molecular formula is C26H48O4. The van der Waals surface area contributed by atoms with Crippen molar-refractivity contribution in [1.29, 1.82) is 0 Å². The van der Waals surface area contributed by atoms with Crippen LogP contribution in [0.15, 0.2) is 11.1 Å². The molecule has 0 aliphatic carbocycles. The third kappa shape index (κ3) is 14.6. The van der Waals surface area contributed by atoms with Crippen LogP contribution in [0.5, 0.6) is 0 Å². The molecule has 0 fully saturated rings. The van der Waals surface area contributed by atoms with Crippen LogP contribution in [0.25, 0.3) is 0 Å². The van der Waals surface area contributed by atoms with Crippen molar-refractivity contribution in [1.82, 2.24) is 0 Å². The average molecular weight is 425 g/mol. The van der Waals surface area contributed by atoms with Crippen molar-refractivity contribution in [2.45, 2.75) is 130 Å². The fourth-order valence-electron chi connectivity index (χ4n) is 3.52. The summed E-state index contributed by atoms with van der Waals surface area (Å²) in [5, 5.41) is 0. The van der Waals surface area contributed by atoms with Gasteiger partial charge in [-0.05, 0) is 25.7 Å². The minimum absolute atomic E-state index is 0.328. The van der Waals surface area contributed by atoms with Crippen molar-refractivity contribution in [2.24, 2.45) is 0 Å². The SMILES string of the molecule is CCCCCCCCOC(=O)C(CCC)=C(CCC)C(=O)OCCCCCCCC. The van der Waals surface area contributed by atoms with E-state index in [1.54, 1.807) is 0 Å². The average Bonchev–Trinajstić information content (AvgIpc) is 2.74. The third-order valence-corrected chi connectivity index (χ3v) is 5.32. The molecule has 176 valence electrons. The zero-order valence-corrected chi connectivity index (χ0v) is 20.4. The van der Waals surface area contributed by atoms with Crippen molar-refractivity contribution >= 4 is 11.9 Å². The molecule has 0 unspecified atom stereocenters. The van der Waals surface area contributed by atoms with E-state index in [9.17, 15) is 9.59 Å². The number of ether oxygens (including phenoxy) is 2. The zero-order valence-electron chi connectivity index (χ0n) is 20.4. The number of carbonyl (C=O) groups is 2. The fourth-order valence-corrected chi connectivity index (χ4v) is 3.52. The lowest BCUT2D eigenvalue weighted by Gasteiger charge is -2.14. The van der Waals surface area contributed by atoms with Crippen LogP contribution < -0.4 is 0 Å². The van der Waals surface area contributed by atoms with Gasteiger partial charge in [0.05, 0.1) is 13.2 Å². The van der Waals surface area contributed by atoms with Gasteiger partial charge in [-0.2, -0.15) is 0 Å². The Morgan fingerprint density at radius 3 is 1.13 bits per heavy atom. The van der Waals surface area contributed by atoms with Crippen molar-refractivity contribution in [3.05, 3.63) is 11.1 Å². The molecule has 0 aromatic carbocycles. The summed E-state index contributed by atoms with van der Waals surface area (Å²) in [5.41, 5.74) is 1.05. The summed E-state index contributed by atoms with van der Waals surface area (Å²) in [5.74, 6) is -0.657. The van der Waals surface area contributed by atoms with Crippen LogP contribution in [0.4, 0.5) is 0 Å². The van der Waals surface area contributed by atoms with E-state index in [1.807, 2.05) is 13.8 Å². The Bertz CT molecular complexity index is 426. The van der Waals surface area contributed by atoms with E-state index < -0.39 is 0 Å². The van der Waals surface area contributed by atoms with Crippen LogP contribution >= 0.6 is 0 Å². The Labute approximate surface area is 186 Å². The van der Waals surface area contributed by atoms with Gasteiger partial charge in [-0.25, -0.2) is 9.59 Å². The Kier molecular flexibility index (Phi) is 20.0. The summed E-state index contributed by atoms with van der Waals surface area (Å²) in [7, 11) is 0. The topological polar surface area (TPSA) is 52.6 Å². The molecule has 4 heteroatoms. The maximum Gasteiger partial charge on any atom is 0.334 e. The van der Waals surface area contributed by atoms with Crippen LogP contribution in [0.2, 0.25) is 0 Å². The quantitative estimate of drug-likeness (QED) is 0.114. The van der Waals surface area contributed by atoms with Gasteiger partial charge in [0.1, 0.15) is 0 Å². The van der Waals surface area contributed by atoms with Gasteiger partial charge >= 0.3 is 11.9 Å². The molecule has 0 radical (unpaired) electrons. The molecule has 0 saturated heterocycles. The van der Waals surface area contributed by atoms with Gasteiger partial charge in [0.2, 0.25) is 0 Å². The standard InChI is InChI=1S/C26H48O4/c1-5-9-11-13-15-17-21-29-25(27)23(19-7-3)24(20-8-4)26(28)30-22-18-16-14-12-10-6-2/h5-22H2,1-4H3. The van der Waals surface area contributed by atoms with Gasteiger partial charge in [-0.1, -0.05) is 105 Å². The summed E-state index contributed by atoms with van der Waals surface area (Å²) >= 11 is 0. The van der Waals surface area contributed by atoms with Gasteiger partial charge in [-0.15, -0.1) is 0 Å². The number of carbonyl (C=O) groups excluding carboxylic acids is 2. The van der Waals surface area contributed by atoms with E-state index in [4.69, 9.17) is 9.47 Å². The lowest BCUT2D eigenvalue weighted by Crippen LogP contribution is -2.18. The molecule has 0 aliphatic rings. The second-order valence-electron chi connectivity index (χ2n) is 8.26. The molecular weight excluding hydrogens is 376 g/mol. The molecule has 30 heavy (non-hydrogen) atoms. The van der Waals surface area contributed by atoms with Crippen molar-refractivity contribution in [2.75, 3.05) is 13.2 Å². The van der Waals surface area contributed by atoms with Crippen molar-refractivity contribution < 1.29 is 19.1 Å². The Morgan fingerprint density at radius 1 is 0.467 bits per heavy atom. The van der Waals surface area contributed by atoms with Gasteiger partial charge in [0.25, 0.3) is 0 Å². The summed E-state index contributed by atoms with van der Waals surface area (Å²) in [4.78, 5) is 25.4. The first-order valence-corrected chi connectivity index (χ1v) is 12.7. The zero-order chi connectivity index (χ0) is 22.5. The van der Waals surface area contributed by atoms with Crippen LogP contribution in [0.3, 0.4) is 0 Å². The highest BCUT2D eigenvalue weighted by molar-refractivity contribution is 6.00. The molecule has 0 atom stereocenters. The van der Waals surface area contributed by atoms with Gasteiger partial charge in [-0.3, -0.25) is 0 Å². The molecule has 0 saturated carbocycles. The first-order chi connectivity index (χ1) is 14.6. The Morgan fingerprint density at radius 2 is 0.800 bits per heavy atom. The Balaban J connectivity index is 4.63. The highest BCUT2D eigenvalue weighted by Crippen LogP contribution is 2.20. The normalized spacial score (nSPS) is 11.9. The number of hydrogen-bond acceptors (Lipinski definition) is 4. The van der Waals surface area contributed by atoms with E-state index in [0.717, 1.165) is 38.5 Å². The second-order valence-corrected chi connectivity index (χ2v) is 8.26. The minimum atomic E-state index is -0.328. The summed E-state index contributed by atoms with van der Waals surface area (Å²) in [6.45, 7) is 9.32. The molecule has 4 nitrogen and oxygen atoms in total. The van der Waals surface area contributed by atoms with Crippen molar-refractivity contribution in [3.63, 3.8) is 0 Å². The smallest absolute Gasteiger partial charge is 0.334 e. The van der Waals surface area contributed by atoms with E-state index in [0.29, 0.717) is 37.2 Å². The highest BCUT2D eigenvalue weighted by Gasteiger charge is 2.22. The summed E-state index contributed by atoms with van der Waals surface area (Å²) in [6.07, 6.45) is 16.6. The molecule has 0 spiro atoms. The highest BCUT2D eigenvalue weighted by atomic mass is 16.5. The van der Waals surface area contributed by atoms with Crippen molar-refractivity contribution in [3.8, 4) is 0 Å². The van der Waals surface area contributed by atoms with Crippen LogP contribution in [0, 0.1) is 0 Å². The maximum atomic E-state index is 12.7. The van der Waals surface area contributed by atoms with E-state index in [-0.39, 0.29) is 11.9 Å². The molecule has 0 bridgehead atoms. The number of hydrogen-bond donors (Lipinski definition) is 0. The largest absolute Gasteiger partial charge is 0.462 e. The Hall–Kier alpha value is -1.32. The second kappa shape index (κ2) is 20.9. The molecule has 0 aromatic heterocycles. The molecule has 0 rings (SSSR count). The number of esters is 2. The lowest BCUT2D eigenvalue weighted by atomic mass is 10.00. The lowest BCUT2D eigenvalue weighted by molar-refractivity contribution is -0.142. The third-order valence-electron chi connectivity index (χ3n) is 5.32. The predicted molar refractivity (Wildman–Crippen MR) is 126 cm³/mol. The first-order valence-electron chi connectivity index (χ1n) is 12.7. The molecule has 0 N–H and O–H groups in total. The minimum Gasteiger partial charge on any atom is -0.462 e. The molecule has 0 aromatic rings. The predicted octanol–water partition coefficient (Wildman–Crippen LogP) is 7.69. The summed E-state index contributed by atoms with van der Waals surface area (Å²) in [6, 6.07) is 0. The summed E-state index contributed by atoms with van der Waals surface area (Å²) < 4.78 is 11.0. The number of unbranched alkanes of at least 4 members (excludes halogenated alkanes) is 10. The molecule has 0 amide bonds. The molecule has 0 aliphatic heterocycles.